The lowest BCUT2D eigenvalue weighted by molar-refractivity contribution is 0.241. The highest BCUT2D eigenvalue weighted by Crippen LogP contribution is 1.82. The van der Waals surface area contributed by atoms with Crippen LogP contribution in [0.3, 0.4) is 0 Å². The minimum absolute atomic E-state index is 0. The average molecular weight is 219 g/mol. The highest BCUT2D eigenvalue weighted by atomic mass is 35.5. The van der Waals surface area contributed by atoms with Crippen LogP contribution in [0, 0.1) is 0 Å². The summed E-state index contributed by atoms with van der Waals surface area (Å²) >= 11 is 6.58. The number of hydrogen-bond donors (Lipinski definition) is 3. The van der Waals surface area contributed by atoms with Gasteiger partial charge in [-0.2, -0.15) is 0 Å². The van der Waals surface area contributed by atoms with Crippen LogP contribution in [-0.2, 0) is 0 Å². The number of nitrogens with two attached hydrogens (primary N) is 1. The van der Waals surface area contributed by atoms with Crippen LogP contribution >= 0.6 is 37.7 Å². The monoisotopic (exact) mass is 218 g/mol. The molecule has 0 aliphatic carbocycles. The first kappa shape index (κ1) is 17.1. The van der Waals surface area contributed by atoms with Crippen LogP contribution in [0.2, 0.25) is 0 Å². The van der Waals surface area contributed by atoms with Crippen LogP contribution in [-0.4, -0.2) is 29.5 Å². The first-order valence-electron chi connectivity index (χ1n) is 2.26. The van der Waals surface area contributed by atoms with Gasteiger partial charge < -0.3 is 10.6 Å². The summed E-state index contributed by atoms with van der Waals surface area (Å²) in [5, 5.41) is -0.852. The lowest BCUT2D eigenvalue weighted by Gasteiger charge is -2.01. The van der Waals surface area contributed by atoms with E-state index in [1.807, 2.05) is 0 Å². The summed E-state index contributed by atoms with van der Waals surface area (Å²) in [5.41, 5.74) is 4.34. The highest BCUT2D eigenvalue weighted by molar-refractivity contribution is 7.96. The fourth-order valence-corrected chi connectivity index (χ4v) is 0. The average Bonchev–Trinajstić information content (AvgIpc) is 1.63. The maximum absolute atomic E-state index is 9.93. The van der Waals surface area contributed by atoms with Crippen LogP contribution in [0.5, 0.6) is 0 Å². The third-order valence-electron chi connectivity index (χ3n) is 0.383. The Morgan fingerprint density at radius 1 is 1.27 bits per heavy atom. The van der Waals surface area contributed by atoms with Gasteiger partial charge in [0, 0.05) is 14.1 Å². The molecule has 0 aliphatic rings. The summed E-state index contributed by atoms with van der Waals surface area (Å²) in [7, 11) is 3.30. The Morgan fingerprint density at radius 3 is 1.36 bits per heavy atom. The second-order valence-corrected chi connectivity index (χ2v) is 2.34. The molecule has 68 valence electrons. The van der Waals surface area contributed by atoms with E-state index in [-0.39, 0.29) is 17.6 Å². The maximum Gasteiger partial charge on any atom is 0.278 e. The molecule has 0 aromatic carbocycles. The van der Waals surface area contributed by atoms with Crippen LogP contribution in [0.1, 0.15) is 0 Å². The molecule has 11 heavy (non-hydrogen) atoms. The third-order valence-corrected chi connectivity index (χ3v) is 0.783. The molecular formula is C4H11ClN2O2S2. The van der Waals surface area contributed by atoms with E-state index in [2.05, 4.69) is 31.0 Å². The Bertz CT molecular complexity index is 127. The van der Waals surface area contributed by atoms with Crippen molar-refractivity contribution in [2.24, 2.45) is 5.73 Å². The van der Waals surface area contributed by atoms with E-state index in [4.69, 9.17) is 4.79 Å². The van der Waals surface area contributed by atoms with Gasteiger partial charge in [0.15, 0.2) is 0 Å². The van der Waals surface area contributed by atoms with Gasteiger partial charge in [-0.15, -0.1) is 12.4 Å². The molecule has 0 heterocycles. The minimum atomic E-state index is -0.639. The maximum atomic E-state index is 9.93. The number of halogens is 1. The number of amides is 2. The molecule has 0 fully saturated rings. The highest BCUT2D eigenvalue weighted by Gasteiger charge is 1.89. The first-order valence-corrected chi connectivity index (χ1v) is 3.16. The molecule has 7 heteroatoms. The summed E-state index contributed by atoms with van der Waals surface area (Å²) in [6.45, 7) is 0. The standard InChI is InChI=1S/C3H7NOS.CH3NOS.ClH/c1-4(2)3(5)6;2-1(3)4;/h1-2H3,(H,5,6);(H3,2,3,4);1H. The topological polar surface area (TPSA) is 63.4 Å². The largest absolute Gasteiger partial charge is 0.361 e. The Labute approximate surface area is 82.7 Å². The van der Waals surface area contributed by atoms with Gasteiger partial charge in [-0.1, -0.05) is 25.3 Å². The van der Waals surface area contributed by atoms with E-state index in [0.717, 1.165) is 0 Å². The van der Waals surface area contributed by atoms with Gasteiger partial charge in [-0.3, -0.25) is 9.59 Å². The van der Waals surface area contributed by atoms with Gasteiger partial charge in [-0.05, 0) is 0 Å². The zero-order valence-electron chi connectivity index (χ0n) is 6.14. The number of thiol groups is 2. The first-order chi connectivity index (χ1) is 4.37. The molecular weight excluding hydrogens is 208 g/mol. The number of rotatable bonds is 0. The van der Waals surface area contributed by atoms with Crippen LogP contribution in [0.25, 0.3) is 0 Å². The molecule has 0 saturated heterocycles. The van der Waals surface area contributed by atoms with Gasteiger partial charge in [-0.25, -0.2) is 0 Å². The van der Waals surface area contributed by atoms with Crippen molar-refractivity contribution in [2.45, 2.75) is 0 Å². The second kappa shape index (κ2) is 9.93. The molecule has 2 amide bonds. The zero-order valence-corrected chi connectivity index (χ0v) is 8.75. The smallest absolute Gasteiger partial charge is 0.278 e. The fraction of sp³-hybridized carbons (Fsp3) is 0.500. The van der Waals surface area contributed by atoms with E-state index in [1.165, 1.54) is 4.90 Å². The Kier molecular flexibility index (Phi) is 15.5. The molecule has 0 saturated carbocycles. The molecule has 0 unspecified atom stereocenters. The second-order valence-electron chi connectivity index (χ2n) is 1.52. The molecule has 0 bridgehead atoms. The Hall–Kier alpha value is -0.0700. The van der Waals surface area contributed by atoms with Crippen LogP contribution in [0.4, 0.5) is 9.59 Å². The number of carbonyl (C=O) groups is 2. The summed E-state index contributed by atoms with van der Waals surface area (Å²) in [5.74, 6) is 0. The molecule has 0 aliphatic heterocycles. The van der Waals surface area contributed by atoms with Crippen LogP contribution < -0.4 is 5.73 Å². The molecule has 0 spiro atoms. The van der Waals surface area contributed by atoms with Gasteiger partial charge in [0.05, 0.1) is 0 Å². The van der Waals surface area contributed by atoms with Crippen molar-refractivity contribution in [2.75, 3.05) is 14.1 Å². The number of primary amides is 1. The SMILES string of the molecule is CN(C)C(=O)S.Cl.NC(=O)S. The Balaban J connectivity index is -0.000000114. The van der Waals surface area contributed by atoms with E-state index in [9.17, 15) is 4.79 Å². The van der Waals surface area contributed by atoms with Crippen molar-refractivity contribution in [3.8, 4) is 0 Å². The van der Waals surface area contributed by atoms with Gasteiger partial charge in [0.1, 0.15) is 0 Å². The molecule has 2 N–H and O–H groups in total. The summed E-state index contributed by atoms with van der Waals surface area (Å²) < 4.78 is 0. The normalized spacial score (nSPS) is 6.55. The van der Waals surface area contributed by atoms with Crippen molar-refractivity contribution in [3.63, 3.8) is 0 Å². The fourth-order valence-electron chi connectivity index (χ4n) is 0. The van der Waals surface area contributed by atoms with Crippen LogP contribution in [0.15, 0.2) is 0 Å². The zero-order chi connectivity index (χ0) is 8.73. The van der Waals surface area contributed by atoms with Crippen molar-refractivity contribution in [3.05, 3.63) is 0 Å². The molecule has 0 aromatic rings. The lowest BCUT2D eigenvalue weighted by atomic mass is 11.0. The van der Waals surface area contributed by atoms with Crippen molar-refractivity contribution >= 4 is 48.1 Å². The number of nitrogens with zero attached hydrogens (tertiary/aromatic N) is 1. The number of hydrogen-bond acceptors (Lipinski definition) is 2. The third kappa shape index (κ3) is 40.4. The number of carbonyl (C=O) groups excluding carboxylic acids is 2. The molecule has 0 aromatic heterocycles. The predicted octanol–water partition coefficient (Wildman–Crippen LogP) is 1.01. The van der Waals surface area contributed by atoms with E-state index in [1.54, 1.807) is 14.1 Å². The quantitative estimate of drug-likeness (QED) is 0.532. The van der Waals surface area contributed by atoms with Crippen molar-refractivity contribution in [1.29, 1.82) is 0 Å². The van der Waals surface area contributed by atoms with Crippen molar-refractivity contribution in [1.82, 2.24) is 4.90 Å². The van der Waals surface area contributed by atoms with Crippen molar-refractivity contribution < 1.29 is 9.59 Å². The summed E-state index contributed by atoms with van der Waals surface area (Å²) in [6.07, 6.45) is 0. The summed E-state index contributed by atoms with van der Waals surface area (Å²) in [4.78, 5) is 20.4. The molecule has 4 nitrogen and oxygen atoms in total. The summed E-state index contributed by atoms with van der Waals surface area (Å²) in [6, 6.07) is 0. The molecule has 0 rings (SSSR count). The predicted molar refractivity (Wildman–Crippen MR) is 53.9 cm³/mol. The van der Waals surface area contributed by atoms with E-state index >= 15 is 0 Å². The lowest BCUT2D eigenvalue weighted by Crippen LogP contribution is -2.13. The van der Waals surface area contributed by atoms with Gasteiger partial charge >= 0.3 is 0 Å². The van der Waals surface area contributed by atoms with Gasteiger partial charge in [0.25, 0.3) is 10.5 Å². The minimum Gasteiger partial charge on any atom is -0.361 e. The van der Waals surface area contributed by atoms with E-state index < -0.39 is 5.24 Å². The molecule has 0 atom stereocenters. The van der Waals surface area contributed by atoms with E-state index in [0.29, 0.717) is 0 Å². The Morgan fingerprint density at radius 2 is 1.36 bits per heavy atom. The van der Waals surface area contributed by atoms with Gasteiger partial charge in [0.2, 0.25) is 0 Å². The molecule has 0 radical (unpaired) electrons.